The molecule has 0 aliphatic heterocycles. The minimum Gasteiger partial charge on any atom is -0.299 e. The fourth-order valence-corrected chi connectivity index (χ4v) is 2.52. The summed E-state index contributed by atoms with van der Waals surface area (Å²) >= 11 is 0. The fraction of sp³-hybridized carbons (Fsp3) is 0.353. The maximum absolute atomic E-state index is 12.4. The van der Waals surface area contributed by atoms with Crippen LogP contribution < -0.4 is 0 Å². The van der Waals surface area contributed by atoms with Gasteiger partial charge in [0.25, 0.3) is 0 Å². The summed E-state index contributed by atoms with van der Waals surface area (Å²) in [6, 6.07) is 10.1. The van der Waals surface area contributed by atoms with Gasteiger partial charge < -0.3 is 0 Å². The minimum absolute atomic E-state index is 0.0149. The molecule has 0 saturated carbocycles. The van der Waals surface area contributed by atoms with E-state index < -0.39 is 0 Å². The molecule has 18 heavy (non-hydrogen) atoms. The van der Waals surface area contributed by atoms with E-state index in [0.717, 1.165) is 18.4 Å². The molecular formula is C17H20O. The van der Waals surface area contributed by atoms with Crippen molar-refractivity contribution in [2.24, 2.45) is 5.92 Å². The van der Waals surface area contributed by atoms with Gasteiger partial charge in [0.15, 0.2) is 0 Å². The number of hydrogen-bond acceptors (Lipinski definition) is 1. The Morgan fingerprint density at radius 3 is 2.50 bits per heavy atom. The molecule has 0 radical (unpaired) electrons. The Labute approximate surface area is 109 Å². The SMILES string of the molecule is CCCC(=O)C(c1ccccc1)C1C=CCC=C1. The molecule has 1 aromatic rings. The fourth-order valence-electron chi connectivity index (χ4n) is 2.52. The van der Waals surface area contributed by atoms with E-state index >= 15 is 0 Å². The summed E-state index contributed by atoms with van der Waals surface area (Å²) in [5.74, 6) is 0.559. The molecule has 0 saturated heterocycles. The van der Waals surface area contributed by atoms with Crippen LogP contribution >= 0.6 is 0 Å². The zero-order valence-corrected chi connectivity index (χ0v) is 10.9. The van der Waals surface area contributed by atoms with Crippen LogP contribution in [0.4, 0.5) is 0 Å². The molecule has 1 unspecified atom stereocenters. The minimum atomic E-state index is -0.0149. The third-order valence-electron chi connectivity index (χ3n) is 3.38. The summed E-state index contributed by atoms with van der Waals surface area (Å²) in [4.78, 5) is 12.4. The van der Waals surface area contributed by atoms with E-state index in [4.69, 9.17) is 0 Å². The maximum Gasteiger partial charge on any atom is 0.141 e. The molecule has 0 aromatic heterocycles. The van der Waals surface area contributed by atoms with Crippen molar-refractivity contribution in [3.63, 3.8) is 0 Å². The van der Waals surface area contributed by atoms with E-state index in [-0.39, 0.29) is 11.8 Å². The first-order valence-electron chi connectivity index (χ1n) is 6.74. The Morgan fingerprint density at radius 2 is 1.89 bits per heavy atom. The number of Topliss-reactive ketones (excluding diaryl/α,β-unsaturated/α-hetero) is 1. The van der Waals surface area contributed by atoms with Crippen molar-refractivity contribution in [3.8, 4) is 0 Å². The molecule has 0 heterocycles. The zero-order chi connectivity index (χ0) is 12.8. The highest BCUT2D eigenvalue weighted by Crippen LogP contribution is 2.31. The normalized spacial score (nSPS) is 16.7. The molecule has 94 valence electrons. The molecule has 1 aliphatic carbocycles. The van der Waals surface area contributed by atoms with Crippen LogP contribution in [0.3, 0.4) is 0 Å². The Hall–Kier alpha value is -1.63. The lowest BCUT2D eigenvalue weighted by molar-refractivity contribution is -0.121. The molecule has 0 amide bonds. The van der Waals surface area contributed by atoms with E-state index in [1.165, 1.54) is 0 Å². The van der Waals surface area contributed by atoms with Crippen LogP contribution in [0, 0.1) is 5.92 Å². The van der Waals surface area contributed by atoms with Crippen molar-refractivity contribution in [2.75, 3.05) is 0 Å². The highest BCUT2D eigenvalue weighted by atomic mass is 16.1. The number of benzene rings is 1. The summed E-state index contributed by atoms with van der Waals surface area (Å²) in [7, 11) is 0. The third kappa shape index (κ3) is 2.98. The number of rotatable bonds is 5. The topological polar surface area (TPSA) is 17.1 Å². The summed E-state index contributed by atoms with van der Waals surface area (Å²) in [5.41, 5.74) is 1.14. The first-order chi connectivity index (χ1) is 8.83. The second-order valence-corrected chi connectivity index (χ2v) is 4.77. The van der Waals surface area contributed by atoms with Gasteiger partial charge in [-0.3, -0.25) is 4.79 Å². The molecule has 0 N–H and O–H groups in total. The Kier molecular flexibility index (Phi) is 4.52. The van der Waals surface area contributed by atoms with Crippen LogP contribution in [0.2, 0.25) is 0 Å². The van der Waals surface area contributed by atoms with Crippen LogP contribution in [-0.4, -0.2) is 5.78 Å². The van der Waals surface area contributed by atoms with Gasteiger partial charge in [0.2, 0.25) is 0 Å². The molecule has 1 aliphatic rings. The quantitative estimate of drug-likeness (QED) is 0.702. The van der Waals surface area contributed by atoms with Crippen molar-refractivity contribution in [3.05, 3.63) is 60.2 Å². The summed E-state index contributed by atoms with van der Waals surface area (Å²) in [5, 5.41) is 0. The smallest absolute Gasteiger partial charge is 0.141 e. The van der Waals surface area contributed by atoms with Gasteiger partial charge in [-0.15, -0.1) is 0 Å². The number of carbonyl (C=O) groups excluding carboxylic acids is 1. The van der Waals surface area contributed by atoms with E-state index in [0.29, 0.717) is 12.2 Å². The van der Waals surface area contributed by atoms with Gasteiger partial charge in [0, 0.05) is 12.3 Å². The second kappa shape index (κ2) is 6.34. The van der Waals surface area contributed by atoms with Crippen molar-refractivity contribution in [1.29, 1.82) is 0 Å². The van der Waals surface area contributed by atoms with Crippen molar-refractivity contribution in [1.82, 2.24) is 0 Å². The average Bonchev–Trinajstić information content (AvgIpc) is 2.42. The standard InChI is InChI=1S/C17H20O/c1-2-9-16(18)17(14-10-5-3-6-11-14)15-12-7-4-8-13-15/h3,5-8,10-13,15,17H,2,4,9H2,1H3. The number of carbonyl (C=O) groups is 1. The molecule has 1 nitrogen and oxygen atoms in total. The predicted octanol–water partition coefficient (Wildman–Crippen LogP) is 4.27. The van der Waals surface area contributed by atoms with Crippen LogP contribution in [0.25, 0.3) is 0 Å². The van der Waals surface area contributed by atoms with Gasteiger partial charge in [-0.2, -0.15) is 0 Å². The molecule has 1 heteroatoms. The predicted molar refractivity (Wildman–Crippen MR) is 75.5 cm³/mol. The van der Waals surface area contributed by atoms with E-state index in [9.17, 15) is 4.79 Å². The lowest BCUT2D eigenvalue weighted by Gasteiger charge is -2.23. The second-order valence-electron chi connectivity index (χ2n) is 4.77. The Balaban J connectivity index is 2.28. The zero-order valence-electron chi connectivity index (χ0n) is 10.9. The lowest BCUT2D eigenvalue weighted by Crippen LogP contribution is -2.20. The van der Waals surface area contributed by atoms with Gasteiger partial charge >= 0.3 is 0 Å². The van der Waals surface area contributed by atoms with Gasteiger partial charge in [0.1, 0.15) is 5.78 Å². The number of ketones is 1. The summed E-state index contributed by atoms with van der Waals surface area (Å²) < 4.78 is 0. The number of allylic oxidation sites excluding steroid dienone is 4. The Morgan fingerprint density at radius 1 is 1.22 bits per heavy atom. The van der Waals surface area contributed by atoms with Gasteiger partial charge in [-0.1, -0.05) is 61.6 Å². The average molecular weight is 240 g/mol. The largest absolute Gasteiger partial charge is 0.299 e. The third-order valence-corrected chi connectivity index (χ3v) is 3.38. The van der Waals surface area contributed by atoms with E-state index in [1.54, 1.807) is 0 Å². The first kappa shape index (κ1) is 12.8. The maximum atomic E-state index is 12.4. The first-order valence-corrected chi connectivity index (χ1v) is 6.74. The monoisotopic (exact) mass is 240 g/mol. The van der Waals surface area contributed by atoms with Gasteiger partial charge in [0.05, 0.1) is 5.92 Å². The Bertz CT molecular complexity index is 430. The van der Waals surface area contributed by atoms with Gasteiger partial charge in [-0.05, 0) is 18.4 Å². The van der Waals surface area contributed by atoms with Crippen molar-refractivity contribution >= 4 is 5.78 Å². The van der Waals surface area contributed by atoms with E-state index in [1.807, 2.05) is 18.2 Å². The van der Waals surface area contributed by atoms with Crippen molar-refractivity contribution < 1.29 is 4.79 Å². The summed E-state index contributed by atoms with van der Waals surface area (Å²) in [6.45, 7) is 2.06. The van der Waals surface area contributed by atoms with Crippen LogP contribution in [-0.2, 0) is 4.79 Å². The van der Waals surface area contributed by atoms with Crippen LogP contribution in [0.5, 0.6) is 0 Å². The highest BCUT2D eigenvalue weighted by molar-refractivity contribution is 5.86. The molecule has 1 aromatic carbocycles. The van der Waals surface area contributed by atoms with Crippen LogP contribution in [0.15, 0.2) is 54.6 Å². The molecule has 2 rings (SSSR count). The van der Waals surface area contributed by atoms with Crippen molar-refractivity contribution in [2.45, 2.75) is 32.1 Å². The molecule has 0 spiro atoms. The van der Waals surface area contributed by atoms with E-state index in [2.05, 4.69) is 43.4 Å². The number of hydrogen-bond donors (Lipinski definition) is 0. The molecule has 1 atom stereocenters. The summed E-state index contributed by atoms with van der Waals surface area (Å²) in [6.07, 6.45) is 11.2. The molecule has 0 bridgehead atoms. The lowest BCUT2D eigenvalue weighted by atomic mass is 9.80. The molecule has 0 fully saturated rings. The highest BCUT2D eigenvalue weighted by Gasteiger charge is 2.26. The molecular weight excluding hydrogens is 220 g/mol. The van der Waals surface area contributed by atoms with Crippen LogP contribution in [0.1, 0.15) is 37.7 Å². The van der Waals surface area contributed by atoms with Gasteiger partial charge in [-0.25, -0.2) is 0 Å².